The van der Waals surface area contributed by atoms with E-state index in [1.807, 2.05) is 29.2 Å². The Morgan fingerprint density at radius 2 is 1.87 bits per heavy atom. The lowest BCUT2D eigenvalue weighted by molar-refractivity contribution is -0.117. The SMILES string of the molecule is CN1CCC(NC(=S)Nc2ccc(N3CCCC3=O)cc2)CC1. The predicted octanol–water partition coefficient (Wildman–Crippen LogP) is 2.19. The van der Waals surface area contributed by atoms with E-state index in [9.17, 15) is 4.79 Å². The highest BCUT2D eigenvalue weighted by molar-refractivity contribution is 7.80. The summed E-state index contributed by atoms with van der Waals surface area (Å²) < 4.78 is 0. The minimum atomic E-state index is 0.213. The number of benzene rings is 1. The van der Waals surface area contributed by atoms with Gasteiger partial charge in [-0.3, -0.25) is 4.79 Å². The second-order valence-electron chi connectivity index (χ2n) is 6.37. The zero-order chi connectivity index (χ0) is 16.2. The fraction of sp³-hybridized carbons (Fsp3) is 0.529. The summed E-state index contributed by atoms with van der Waals surface area (Å²) in [5.74, 6) is 0.213. The van der Waals surface area contributed by atoms with Crippen LogP contribution in [-0.2, 0) is 4.79 Å². The van der Waals surface area contributed by atoms with Crippen LogP contribution in [-0.4, -0.2) is 48.6 Å². The van der Waals surface area contributed by atoms with Gasteiger partial charge in [-0.25, -0.2) is 0 Å². The molecular weight excluding hydrogens is 308 g/mol. The molecule has 0 aromatic heterocycles. The molecule has 2 N–H and O–H groups in total. The molecule has 124 valence electrons. The first kappa shape index (κ1) is 16.2. The number of hydrogen-bond donors (Lipinski definition) is 2. The number of nitrogens with zero attached hydrogens (tertiary/aromatic N) is 2. The van der Waals surface area contributed by atoms with Gasteiger partial charge in [-0.2, -0.15) is 0 Å². The van der Waals surface area contributed by atoms with Gasteiger partial charge in [0, 0.05) is 30.4 Å². The van der Waals surface area contributed by atoms with Crippen molar-refractivity contribution in [3.8, 4) is 0 Å². The Labute approximate surface area is 143 Å². The molecule has 5 nitrogen and oxygen atoms in total. The van der Waals surface area contributed by atoms with E-state index in [0.717, 1.165) is 50.3 Å². The van der Waals surface area contributed by atoms with Crippen LogP contribution in [0.15, 0.2) is 24.3 Å². The largest absolute Gasteiger partial charge is 0.360 e. The Morgan fingerprint density at radius 1 is 1.17 bits per heavy atom. The molecule has 2 fully saturated rings. The first-order chi connectivity index (χ1) is 11.1. The number of amides is 1. The fourth-order valence-electron chi connectivity index (χ4n) is 3.15. The molecule has 0 saturated carbocycles. The Morgan fingerprint density at radius 3 is 2.48 bits per heavy atom. The van der Waals surface area contributed by atoms with Crippen LogP contribution in [0.4, 0.5) is 11.4 Å². The third kappa shape index (κ3) is 4.20. The average Bonchev–Trinajstić information content (AvgIpc) is 2.96. The first-order valence-electron chi connectivity index (χ1n) is 8.28. The Kier molecular flexibility index (Phi) is 5.13. The number of rotatable bonds is 3. The summed E-state index contributed by atoms with van der Waals surface area (Å²) in [7, 11) is 2.15. The van der Waals surface area contributed by atoms with Gasteiger partial charge in [0.1, 0.15) is 0 Å². The van der Waals surface area contributed by atoms with E-state index in [0.29, 0.717) is 17.6 Å². The van der Waals surface area contributed by atoms with Crippen LogP contribution in [0.3, 0.4) is 0 Å². The van der Waals surface area contributed by atoms with E-state index in [1.165, 1.54) is 0 Å². The van der Waals surface area contributed by atoms with Gasteiger partial charge >= 0.3 is 0 Å². The monoisotopic (exact) mass is 332 g/mol. The fourth-order valence-corrected chi connectivity index (χ4v) is 3.44. The third-order valence-corrected chi connectivity index (χ3v) is 4.78. The molecule has 23 heavy (non-hydrogen) atoms. The zero-order valence-electron chi connectivity index (χ0n) is 13.5. The maximum Gasteiger partial charge on any atom is 0.227 e. The highest BCUT2D eigenvalue weighted by atomic mass is 32.1. The Bertz CT molecular complexity index is 566. The average molecular weight is 332 g/mol. The Hall–Kier alpha value is -1.66. The quantitative estimate of drug-likeness (QED) is 0.831. The number of likely N-dealkylation sites (tertiary alicyclic amines) is 1. The number of nitrogens with one attached hydrogen (secondary N) is 2. The number of carbonyl (C=O) groups is 1. The minimum absolute atomic E-state index is 0.213. The molecule has 0 bridgehead atoms. The Balaban J connectivity index is 1.51. The van der Waals surface area contributed by atoms with Crippen LogP contribution in [0.1, 0.15) is 25.7 Å². The summed E-state index contributed by atoms with van der Waals surface area (Å²) >= 11 is 5.40. The lowest BCUT2D eigenvalue weighted by atomic mass is 10.1. The molecular formula is C17H24N4OS. The molecule has 0 unspecified atom stereocenters. The van der Waals surface area contributed by atoms with Crippen LogP contribution in [0.25, 0.3) is 0 Å². The van der Waals surface area contributed by atoms with Crippen LogP contribution in [0.5, 0.6) is 0 Å². The summed E-state index contributed by atoms with van der Waals surface area (Å²) in [6.07, 6.45) is 3.84. The highest BCUT2D eigenvalue weighted by Crippen LogP contribution is 2.23. The van der Waals surface area contributed by atoms with E-state index >= 15 is 0 Å². The van der Waals surface area contributed by atoms with Crippen molar-refractivity contribution < 1.29 is 4.79 Å². The van der Waals surface area contributed by atoms with Gasteiger partial charge in [0.15, 0.2) is 5.11 Å². The molecule has 6 heteroatoms. The van der Waals surface area contributed by atoms with Crippen molar-refractivity contribution >= 4 is 34.6 Å². The second-order valence-corrected chi connectivity index (χ2v) is 6.78. The summed E-state index contributed by atoms with van der Waals surface area (Å²) in [5.41, 5.74) is 1.91. The number of hydrogen-bond acceptors (Lipinski definition) is 3. The van der Waals surface area contributed by atoms with Crippen LogP contribution >= 0.6 is 12.2 Å². The standard InChI is InChI=1S/C17H24N4OS/c1-20-11-8-14(9-12-20)19-17(23)18-13-4-6-15(7-5-13)21-10-2-3-16(21)22/h4-7,14H,2-3,8-12H2,1H3,(H2,18,19,23). The molecule has 0 atom stereocenters. The van der Waals surface area contributed by atoms with Gasteiger partial charge < -0.3 is 20.4 Å². The van der Waals surface area contributed by atoms with Gasteiger partial charge in [0.2, 0.25) is 5.91 Å². The molecule has 3 rings (SSSR count). The number of thiocarbonyl (C=S) groups is 1. The van der Waals surface area contributed by atoms with Gasteiger partial charge in [0.25, 0.3) is 0 Å². The normalized spacial score (nSPS) is 19.9. The number of carbonyl (C=O) groups excluding carboxylic acids is 1. The second kappa shape index (κ2) is 7.27. The summed E-state index contributed by atoms with van der Waals surface area (Å²) in [5, 5.41) is 7.30. The molecule has 2 saturated heterocycles. The van der Waals surface area contributed by atoms with Gasteiger partial charge in [0.05, 0.1) is 0 Å². The molecule has 1 amide bonds. The van der Waals surface area contributed by atoms with E-state index in [2.05, 4.69) is 22.6 Å². The maximum absolute atomic E-state index is 11.8. The van der Waals surface area contributed by atoms with E-state index < -0.39 is 0 Å². The molecule has 2 aliphatic rings. The van der Waals surface area contributed by atoms with E-state index in [1.54, 1.807) is 0 Å². The minimum Gasteiger partial charge on any atom is -0.360 e. The lowest BCUT2D eigenvalue weighted by Gasteiger charge is -2.30. The summed E-state index contributed by atoms with van der Waals surface area (Å²) in [6, 6.07) is 8.35. The van der Waals surface area contributed by atoms with Gasteiger partial charge in [-0.15, -0.1) is 0 Å². The smallest absolute Gasteiger partial charge is 0.227 e. The van der Waals surface area contributed by atoms with Crippen molar-refractivity contribution in [3.63, 3.8) is 0 Å². The van der Waals surface area contributed by atoms with Crippen molar-refractivity contribution in [2.75, 3.05) is 36.9 Å². The lowest BCUT2D eigenvalue weighted by Crippen LogP contribution is -2.44. The van der Waals surface area contributed by atoms with Gasteiger partial charge in [-0.05, 0) is 75.9 Å². The molecule has 2 aliphatic heterocycles. The maximum atomic E-state index is 11.8. The third-order valence-electron chi connectivity index (χ3n) is 4.56. The molecule has 1 aromatic rings. The van der Waals surface area contributed by atoms with Crippen LogP contribution < -0.4 is 15.5 Å². The van der Waals surface area contributed by atoms with E-state index in [-0.39, 0.29) is 5.91 Å². The number of anilines is 2. The molecule has 0 spiro atoms. The van der Waals surface area contributed by atoms with Crippen molar-refractivity contribution in [1.82, 2.24) is 10.2 Å². The topological polar surface area (TPSA) is 47.6 Å². The van der Waals surface area contributed by atoms with Crippen molar-refractivity contribution in [2.24, 2.45) is 0 Å². The highest BCUT2D eigenvalue weighted by Gasteiger charge is 2.21. The van der Waals surface area contributed by atoms with Crippen molar-refractivity contribution in [2.45, 2.75) is 31.7 Å². The van der Waals surface area contributed by atoms with Crippen LogP contribution in [0.2, 0.25) is 0 Å². The first-order valence-corrected chi connectivity index (χ1v) is 8.69. The summed E-state index contributed by atoms with van der Waals surface area (Å²) in [4.78, 5) is 15.9. The number of piperidine rings is 1. The van der Waals surface area contributed by atoms with Crippen molar-refractivity contribution in [1.29, 1.82) is 0 Å². The van der Waals surface area contributed by atoms with Gasteiger partial charge in [-0.1, -0.05) is 0 Å². The molecule has 2 heterocycles. The predicted molar refractivity (Wildman–Crippen MR) is 97.9 cm³/mol. The molecule has 1 aromatic carbocycles. The zero-order valence-corrected chi connectivity index (χ0v) is 14.4. The van der Waals surface area contributed by atoms with Crippen molar-refractivity contribution in [3.05, 3.63) is 24.3 Å². The summed E-state index contributed by atoms with van der Waals surface area (Å²) in [6.45, 7) is 3.04. The van der Waals surface area contributed by atoms with E-state index in [4.69, 9.17) is 12.2 Å². The molecule has 0 radical (unpaired) electrons. The van der Waals surface area contributed by atoms with Crippen LogP contribution in [0, 0.1) is 0 Å². The molecule has 0 aliphatic carbocycles.